The summed E-state index contributed by atoms with van der Waals surface area (Å²) in [7, 11) is -2.33. The van der Waals surface area contributed by atoms with Crippen LogP contribution in [0.3, 0.4) is 0 Å². The lowest BCUT2D eigenvalue weighted by molar-refractivity contribution is -0.173. The maximum atomic E-state index is 13.0. The standard InChI is InChI=1S/C32H48O6S/c1-20-6-10-24(11-7-20)39(35,36)38-23-16-17-31(3)22(18-23)9-12-25-27-14-13-26(21(2)8-15-30(34)37-5)32(27,4)29(33)19-28(25)31/h6-7,10-11,21-23,25-29,33H,8-9,12-19H2,1-5H3/t21-,22+,23+,25-,26+,27-,28-,29-,31+,32-/m1/s1. The van der Waals surface area contributed by atoms with Crippen molar-refractivity contribution in [3.63, 3.8) is 0 Å². The molecule has 0 aromatic heterocycles. The van der Waals surface area contributed by atoms with E-state index in [4.69, 9.17) is 8.92 Å². The fourth-order valence-electron chi connectivity index (χ4n) is 9.82. The number of aliphatic hydroxyl groups excluding tert-OH is 1. The molecule has 4 aliphatic carbocycles. The molecule has 4 saturated carbocycles. The van der Waals surface area contributed by atoms with Crippen molar-refractivity contribution in [1.82, 2.24) is 0 Å². The molecule has 0 bridgehead atoms. The van der Waals surface area contributed by atoms with Gasteiger partial charge in [-0.2, -0.15) is 8.42 Å². The van der Waals surface area contributed by atoms with Crippen LogP contribution in [0, 0.1) is 53.3 Å². The van der Waals surface area contributed by atoms with Crippen LogP contribution in [0.15, 0.2) is 29.2 Å². The fraction of sp³-hybridized carbons (Fsp3) is 0.781. The predicted molar refractivity (Wildman–Crippen MR) is 150 cm³/mol. The Kier molecular flexibility index (Phi) is 8.02. The van der Waals surface area contributed by atoms with Gasteiger partial charge in [-0.1, -0.05) is 38.5 Å². The number of aryl methyl sites for hydroxylation is 1. The average molecular weight is 561 g/mol. The van der Waals surface area contributed by atoms with Crippen LogP contribution >= 0.6 is 0 Å². The Morgan fingerprint density at radius 2 is 1.77 bits per heavy atom. The van der Waals surface area contributed by atoms with Gasteiger partial charge in [0.2, 0.25) is 0 Å². The van der Waals surface area contributed by atoms with Crippen LogP contribution in [-0.4, -0.2) is 38.8 Å². The molecule has 6 nitrogen and oxygen atoms in total. The molecule has 0 saturated heterocycles. The number of hydrogen-bond donors (Lipinski definition) is 1. The summed E-state index contributed by atoms with van der Waals surface area (Å²) in [4.78, 5) is 12.0. The van der Waals surface area contributed by atoms with Crippen LogP contribution in [-0.2, 0) is 23.8 Å². The number of hydrogen-bond acceptors (Lipinski definition) is 6. The summed E-state index contributed by atoms with van der Waals surface area (Å²) in [6, 6.07) is 6.89. The lowest BCUT2D eigenvalue weighted by atomic mass is 9.43. The molecule has 0 unspecified atom stereocenters. The van der Waals surface area contributed by atoms with Gasteiger partial charge in [-0.25, -0.2) is 0 Å². The van der Waals surface area contributed by atoms with Gasteiger partial charge in [0.15, 0.2) is 0 Å². The number of fused-ring (bicyclic) bond motifs is 5. The van der Waals surface area contributed by atoms with Crippen LogP contribution in [0.25, 0.3) is 0 Å². The molecule has 10 atom stereocenters. The van der Waals surface area contributed by atoms with Gasteiger partial charge in [0.1, 0.15) is 0 Å². The van der Waals surface area contributed by atoms with E-state index in [0.29, 0.717) is 41.9 Å². The first-order valence-corrected chi connectivity index (χ1v) is 16.6. The van der Waals surface area contributed by atoms with Gasteiger partial charge in [-0.05, 0) is 123 Å². The monoisotopic (exact) mass is 560 g/mol. The number of carbonyl (C=O) groups is 1. The molecule has 7 heteroatoms. The van der Waals surface area contributed by atoms with Gasteiger partial charge < -0.3 is 9.84 Å². The van der Waals surface area contributed by atoms with Gasteiger partial charge in [0, 0.05) is 6.42 Å². The van der Waals surface area contributed by atoms with E-state index in [2.05, 4.69) is 20.8 Å². The Balaban J connectivity index is 1.28. The van der Waals surface area contributed by atoms with E-state index in [0.717, 1.165) is 63.4 Å². The maximum Gasteiger partial charge on any atom is 0.305 e. The Morgan fingerprint density at radius 3 is 2.46 bits per heavy atom. The summed E-state index contributed by atoms with van der Waals surface area (Å²) in [5, 5.41) is 11.8. The van der Waals surface area contributed by atoms with Crippen LogP contribution < -0.4 is 0 Å². The molecule has 39 heavy (non-hydrogen) atoms. The molecule has 1 aromatic rings. The van der Waals surface area contributed by atoms with E-state index in [1.165, 1.54) is 7.11 Å². The molecule has 1 N–H and O–H groups in total. The summed E-state index contributed by atoms with van der Waals surface area (Å²) in [6.07, 6.45) is 8.46. The molecular weight excluding hydrogens is 512 g/mol. The normalized spacial score (nSPS) is 40.7. The van der Waals surface area contributed by atoms with Crippen molar-refractivity contribution >= 4 is 16.1 Å². The van der Waals surface area contributed by atoms with Gasteiger partial charge in [0.25, 0.3) is 10.1 Å². The Hall–Kier alpha value is -1.44. The lowest BCUT2D eigenvalue weighted by Crippen LogP contribution is -2.59. The Morgan fingerprint density at radius 1 is 1.05 bits per heavy atom. The van der Waals surface area contributed by atoms with Crippen molar-refractivity contribution in [3.8, 4) is 0 Å². The summed E-state index contributed by atoms with van der Waals surface area (Å²) in [6.45, 7) is 8.95. The van der Waals surface area contributed by atoms with Crippen molar-refractivity contribution in [2.45, 2.75) is 109 Å². The summed E-state index contributed by atoms with van der Waals surface area (Å²) in [5.41, 5.74) is 1.02. The lowest BCUT2D eigenvalue weighted by Gasteiger charge is -2.62. The number of methoxy groups -OCH3 is 1. The smallest absolute Gasteiger partial charge is 0.305 e. The summed E-state index contributed by atoms with van der Waals surface area (Å²) in [5.74, 6) is 2.63. The third kappa shape index (κ3) is 5.10. The fourth-order valence-corrected chi connectivity index (χ4v) is 10.9. The van der Waals surface area contributed by atoms with Gasteiger partial charge in [-0.15, -0.1) is 0 Å². The zero-order chi connectivity index (χ0) is 28.2. The largest absolute Gasteiger partial charge is 0.469 e. The molecule has 218 valence electrons. The van der Waals surface area contributed by atoms with E-state index >= 15 is 0 Å². The van der Waals surface area contributed by atoms with Gasteiger partial charge in [-0.3, -0.25) is 8.98 Å². The number of carbonyl (C=O) groups excluding carboxylic acids is 1. The van der Waals surface area contributed by atoms with E-state index < -0.39 is 10.1 Å². The highest BCUT2D eigenvalue weighted by atomic mass is 32.2. The van der Waals surface area contributed by atoms with Crippen molar-refractivity contribution in [2.24, 2.45) is 46.3 Å². The number of ether oxygens (including phenoxy) is 1. The van der Waals surface area contributed by atoms with E-state index in [1.807, 2.05) is 19.1 Å². The Labute approximate surface area is 235 Å². The van der Waals surface area contributed by atoms with Crippen molar-refractivity contribution in [3.05, 3.63) is 29.8 Å². The quantitative estimate of drug-likeness (QED) is 0.311. The number of rotatable bonds is 7. The highest BCUT2D eigenvalue weighted by molar-refractivity contribution is 7.86. The van der Waals surface area contributed by atoms with Gasteiger partial charge >= 0.3 is 5.97 Å². The molecule has 1 aromatic carbocycles. The van der Waals surface area contributed by atoms with Crippen LogP contribution in [0.2, 0.25) is 0 Å². The first-order chi connectivity index (χ1) is 18.4. The molecular formula is C32H48O6S. The second kappa shape index (κ2) is 10.8. The first-order valence-electron chi connectivity index (χ1n) is 15.1. The second-order valence-corrected chi connectivity index (χ2v) is 15.4. The number of benzene rings is 1. The van der Waals surface area contributed by atoms with Gasteiger partial charge in [0.05, 0.1) is 24.2 Å². The summed E-state index contributed by atoms with van der Waals surface area (Å²) < 4.78 is 36.7. The van der Waals surface area contributed by atoms with Crippen LogP contribution in [0.1, 0.15) is 90.5 Å². The van der Waals surface area contributed by atoms with Crippen molar-refractivity contribution in [1.29, 1.82) is 0 Å². The molecule has 0 heterocycles. The molecule has 0 spiro atoms. The minimum atomic E-state index is -3.78. The molecule has 0 aliphatic heterocycles. The van der Waals surface area contributed by atoms with E-state index in [-0.39, 0.29) is 33.9 Å². The second-order valence-electron chi connectivity index (χ2n) is 13.8. The molecule has 4 fully saturated rings. The molecule has 0 amide bonds. The highest BCUT2D eigenvalue weighted by Crippen LogP contribution is 2.68. The minimum absolute atomic E-state index is 0.104. The first kappa shape index (κ1) is 29.1. The van der Waals surface area contributed by atoms with E-state index in [9.17, 15) is 18.3 Å². The third-order valence-corrected chi connectivity index (χ3v) is 13.5. The van der Waals surface area contributed by atoms with Crippen molar-refractivity contribution in [2.75, 3.05) is 7.11 Å². The maximum absolute atomic E-state index is 13.0. The molecule has 4 aliphatic rings. The topological polar surface area (TPSA) is 89.9 Å². The summed E-state index contributed by atoms with van der Waals surface area (Å²) >= 11 is 0. The highest BCUT2D eigenvalue weighted by Gasteiger charge is 2.63. The SMILES string of the molecule is COC(=O)CC[C@@H](C)[C@@H]1CC[C@@H]2[C@H]3CC[C@H]4C[C@@H](OS(=O)(=O)c5ccc(C)cc5)CC[C@]4(C)[C@@H]3C[C@@H](O)[C@@]21C. The minimum Gasteiger partial charge on any atom is -0.469 e. The molecule has 5 rings (SSSR count). The number of aliphatic hydroxyl groups is 1. The Bertz CT molecular complexity index is 1150. The zero-order valence-corrected chi connectivity index (χ0v) is 25.2. The third-order valence-electron chi connectivity index (χ3n) is 12.1. The van der Waals surface area contributed by atoms with Crippen LogP contribution in [0.5, 0.6) is 0 Å². The predicted octanol–water partition coefficient (Wildman–Crippen LogP) is 6.29. The van der Waals surface area contributed by atoms with E-state index in [1.54, 1.807) is 12.1 Å². The van der Waals surface area contributed by atoms with Crippen molar-refractivity contribution < 1.29 is 27.2 Å². The zero-order valence-electron chi connectivity index (χ0n) is 24.4. The van der Waals surface area contributed by atoms with Crippen LogP contribution in [0.4, 0.5) is 0 Å². The molecule has 0 radical (unpaired) electrons. The average Bonchev–Trinajstić information content (AvgIpc) is 3.26. The number of esters is 1.